The fourth-order valence-corrected chi connectivity index (χ4v) is 4.32. The van der Waals surface area contributed by atoms with Gasteiger partial charge in [0.05, 0.1) is 9.82 Å². The SMILES string of the molecule is O=[N+]([O-])c1ccc(OP(=O)(O)CNS(=O)(=O)c2ccc(Cl)cc2)cc1.[H-].[Na+]. The summed E-state index contributed by atoms with van der Waals surface area (Å²) in [6, 6.07) is 9.65. The molecule has 0 fully saturated rings. The third kappa shape index (κ3) is 6.64. The van der Waals surface area contributed by atoms with Gasteiger partial charge in [0, 0.05) is 17.2 Å². The third-order valence-corrected chi connectivity index (χ3v) is 5.81. The van der Waals surface area contributed by atoms with Gasteiger partial charge in [-0.2, -0.15) is 4.72 Å². The van der Waals surface area contributed by atoms with Gasteiger partial charge in [0.15, 0.2) is 0 Å². The summed E-state index contributed by atoms with van der Waals surface area (Å²) in [5.74, 6) is -0.109. The second-order valence-electron chi connectivity index (χ2n) is 4.74. The number of nitrogens with one attached hydrogen (secondary N) is 1. The van der Waals surface area contributed by atoms with E-state index >= 15 is 0 Å². The van der Waals surface area contributed by atoms with E-state index in [0.29, 0.717) is 5.02 Å². The van der Waals surface area contributed by atoms with Crippen LogP contribution in [0.1, 0.15) is 1.43 Å². The smallest absolute Gasteiger partial charge is 1.00 e. The van der Waals surface area contributed by atoms with Crippen molar-refractivity contribution in [3.63, 3.8) is 0 Å². The second-order valence-corrected chi connectivity index (χ2v) is 8.72. The average Bonchev–Trinajstić information content (AvgIpc) is 2.54. The topological polar surface area (TPSA) is 136 Å². The normalized spacial score (nSPS) is 13.3. The summed E-state index contributed by atoms with van der Waals surface area (Å²) in [7, 11) is -8.40. The molecule has 0 aliphatic rings. The Hall–Kier alpha value is -0.970. The monoisotopic (exact) mass is 430 g/mol. The van der Waals surface area contributed by atoms with Gasteiger partial charge in [-0.15, -0.1) is 0 Å². The Morgan fingerprint density at radius 3 is 2.23 bits per heavy atom. The molecule has 0 aliphatic carbocycles. The average molecular weight is 431 g/mol. The van der Waals surface area contributed by atoms with E-state index < -0.39 is 28.8 Å². The number of benzene rings is 2. The molecule has 9 nitrogen and oxygen atoms in total. The van der Waals surface area contributed by atoms with Crippen molar-refractivity contribution in [3.05, 3.63) is 63.7 Å². The molecule has 0 heterocycles. The molecule has 0 aliphatic heterocycles. The van der Waals surface area contributed by atoms with Crippen molar-refractivity contribution in [2.45, 2.75) is 4.90 Å². The first-order valence-corrected chi connectivity index (χ1v) is 10.2. The van der Waals surface area contributed by atoms with Gasteiger partial charge < -0.3 is 10.8 Å². The molecule has 13 heteroatoms. The van der Waals surface area contributed by atoms with Crippen molar-refractivity contribution in [2.75, 3.05) is 6.29 Å². The van der Waals surface area contributed by atoms with Crippen LogP contribution in [0.4, 0.5) is 5.69 Å². The van der Waals surface area contributed by atoms with Gasteiger partial charge in [-0.1, -0.05) is 11.6 Å². The van der Waals surface area contributed by atoms with Gasteiger partial charge >= 0.3 is 37.2 Å². The van der Waals surface area contributed by atoms with E-state index in [2.05, 4.69) is 0 Å². The Morgan fingerprint density at radius 2 is 1.73 bits per heavy atom. The van der Waals surface area contributed by atoms with Gasteiger partial charge in [-0.3, -0.25) is 10.1 Å². The molecule has 1 unspecified atom stereocenters. The van der Waals surface area contributed by atoms with Crippen LogP contribution in [0, 0.1) is 10.1 Å². The number of nitro groups is 1. The number of nitrogens with zero attached hydrogens (tertiary/aromatic N) is 1. The minimum Gasteiger partial charge on any atom is -1.00 e. The Morgan fingerprint density at radius 1 is 1.19 bits per heavy atom. The van der Waals surface area contributed by atoms with Crippen LogP contribution < -0.4 is 38.8 Å². The fraction of sp³-hybridized carbons (Fsp3) is 0.0769. The minimum absolute atomic E-state index is 0. The first-order valence-electron chi connectivity index (χ1n) is 6.60. The van der Waals surface area contributed by atoms with E-state index in [-0.39, 0.29) is 47.3 Å². The van der Waals surface area contributed by atoms with Crippen molar-refractivity contribution in [1.82, 2.24) is 4.72 Å². The van der Waals surface area contributed by atoms with Crippen molar-refractivity contribution in [3.8, 4) is 5.75 Å². The third-order valence-electron chi connectivity index (χ3n) is 2.87. The Balaban J connectivity index is 0.00000338. The number of sulfonamides is 1. The molecule has 0 amide bonds. The van der Waals surface area contributed by atoms with E-state index in [4.69, 9.17) is 16.1 Å². The number of nitro benzene ring substituents is 1. The zero-order valence-electron chi connectivity index (χ0n) is 14.4. The van der Waals surface area contributed by atoms with Crippen molar-refractivity contribution >= 4 is 34.9 Å². The summed E-state index contributed by atoms with van der Waals surface area (Å²) in [4.78, 5) is 19.5. The predicted molar refractivity (Wildman–Crippen MR) is 91.3 cm³/mol. The van der Waals surface area contributed by atoms with Gasteiger partial charge in [0.2, 0.25) is 10.0 Å². The molecule has 2 aromatic rings. The zero-order valence-corrected chi connectivity index (χ0v) is 17.9. The van der Waals surface area contributed by atoms with E-state index in [9.17, 15) is 28.0 Å². The van der Waals surface area contributed by atoms with E-state index in [1.165, 1.54) is 24.3 Å². The molecule has 0 saturated heterocycles. The molecule has 0 radical (unpaired) electrons. The van der Waals surface area contributed by atoms with Crippen LogP contribution in [0.5, 0.6) is 5.75 Å². The maximum Gasteiger partial charge on any atom is 1.00 e. The van der Waals surface area contributed by atoms with E-state index in [1.807, 2.05) is 4.72 Å². The quantitative estimate of drug-likeness (QED) is 0.270. The first kappa shape index (κ1) is 23.1. The summed E-state index contributed by atoms with van der Waals surface area (Å²) in [6.07, 6.45) is -0.880. The van der Waals surface area contributed by atoms with E-state index in [1.54, 1.807) is 0 Å². The number of rotatable bonds is 7. The van der Waals surface area contributed by atoms with Crippen LogP contribution in [0.3, 0.4) is 0 Å². The maximum absolute atomic E-state index is 12.0. The van der Waals surface area contributed by atoms with Crippen LogP contribution in [0.25, 0.3) is 0 Å². The van der Waals surface area contributed by atoms with Crippen LogP contribution in [-0.4, -0.2) is 24.5 Å². The molecule has 136 valence electrons. The summed E-state index contributed by atoms with van der Waals surface area (Å²) < 4.78 is 42.9. The van der Waals surface area contributed by atoms with Gasteiger partial charge in [0.25, 0.3) is 5.69 Å². The molecule has 1 atom stereocenters. The van der Waals surface area contributed by atoms with Crippen molar-refractivity contribution < 1.29 is 58.3 Å². The molecule has 0 aromatic heterocycles. The summed E-state index contributed by atoms with van der Waals surface area (Å²) in [5.41, 5.74) is -0.219. The largest absolute Gasteiger partial charge is 1.00 e. The maximum atomic E-state index is 12.0. The van der Waals surface area contributed by atoms with E-state index in [0.717, 1.165) is 24.3 Å². The van der Waals surface area contributed by atoms with Crippen LogP contribution >= 0.6 is 19.2 Å². The standard InChI is InChI=1S/C13H12ClN2O7PS.Na.H/c14-10-1-7-13(8-2-10)25(21,22)15-9-24(19,20)23-12-5-3-11(4-6-12)16(17)18;;/h1-8,15H,9H2,(H,19,20);;/q;+1;-1. The van der Waals surface area contributed by atoms with Crippen LogP contribution in [0.15, 0.2) is 53.4 Å². The number of hydrogen-bond donors (Lipinski definition) is 2. The van der Waals surface area contributed by atoms with Gasteiger partial charge in [-0.25, -0.2) is 13.0 Å². The molecule has 26 heavy (non-hydrogen) atoms. The number of halogens is 1. The molecule has 2 aromatic carbocycles. The van der Waals surface area contributed by atoms with Gasteiger partial charge in [-0.05, 0) is 36.4 Å². The number of non-ortho nitro benzene ring substituents is 1. The number of hydrogen-bond acceptors (Lipinski definition) is 6. The van der Waals surface area contributed by atoms with Crippen molar-refractivity contribution in [2.24, 2.45) is 0 Å². The molecule has 0 spiro atoms. The molecule has 2 N–H and O–H groups in total. The molecule has 0 bridgehead atoms. The second kappa shape index (κ2) is 9.29. The minimum atomic E-state index is -4.37. The Labute approximate surface area is 177 Å². The van der Waals surface area contributed by atoms with Crippen LogP contribution in [0.2, 0.25) is 5.02 Å². The summed E-state index contributed by atoms with van der Waals surface area (Å²) in [6.45, 7) is 0. The summed E-state index contributed by atoms with van der Waals surface area (Å²) >= 11 is 5.67. The molecular formula is C13H13ClN2NaO7PS. The fourth-order valence-electron chi connectivity index (χ4n) is 1.69. The Bertz CT molecular complexity index is 929. The zero-order chi connectivity index (χ0) is 18.7. The van der Waals surface area contributed by atoms with Crippen LogP contribution in [-0.2, 0) is 14.6 Å². The molecule has 2 rings (SSSR count). The molecular weight excluding hydrogens is 418 g/mol. The summed E-state index contributed by atoms with van der Waals surface area (Å²) in [5, 5.41) is 10.9. The van der Waals surface area contributed by atoms with Gasteiger partial charge in [0.1, 0.15) is 12.0 Å². The van der Waals surface area contributed by atoms with Crippen molar-refractivity contribution in [1.29, 1.82) is 0 Å². The molecule has 0 saturated carbocycles. The predicted octanol–water partition coefficient (Wildman–Crippen LogP) is -0.135. The Kier molecular flexibility index (Phi) is 8.25. The first-order chi connectivity index (χ1) is 11.6.